The van der Waals surface area contributed by atoms with Crippen LogP contribution >= 0.6 is 11.6 Å². The Hall–Kier alpha value is -0.0400. The van der Waals surface area contributed by atoms with E-state index in [-0.39, 0.29) is 0 Å². The van der Waals surface area contributed by atoms with Crippen molar-refractivity contribution in [3.8, 4) is 0 Å². The van der Waals surface area contributed by atoms with Crippen molar-refractivity contribution in [2.75, 3.05) is 13.1 Å². The lowest BCUT2D eigenvalue weighted by molar-refractivity contribution is -0.499. The van der Waals surface area contributed by atoms with E-state index >= 15 is 0 Å². The lowest BCUT2D eigenvalue weighted by atomic mass is 10.4. The van der Waals surface area contributed by atoms with Gasteiger partial charge in [-0.3, -0.25) is 0 Å². The van der Waals surface area contributed by atoms with Crippen LogP contribution in [0.2, 0.25) is 0 Å². The Bertz CT molecular complexity index is 80.1. The molecule has 0 radical (unpaired) electrons. The van der Waals surface area contributed by atoms with Crippen molar-refractivity contribution in [1.29, 1.82) is 0 Å². The average Bonchev–Trinajstić information content (AvgIpc) is 2.14. The number of rotatable bonds is 0. The van der Waals surface area contributed by atoms with Crippen LogP contribution in [0.25, 0.3) is 0 Å². The zero-order valence-corrected chi connectivity index (χ0v) is 4.99. The Balaban J connectivity index is 2.41. The third kappa shape index (κ3) is 1.16. The molecular weight excluding hydrogens is 110 g/mol. The minimum absolute atomic E-state index is 1.16. The van der Waals surface area contributed by atoms with Gasteiger partial charge in [-0.1, -0.05) is 0 Å². The molecule has 0 aromatic rings. The molecule has 7 heavy (non-hydrogen) atoms. The summed E-state index contributed by atoms with van der Waals surface area (Å²) in [6.45, 7) is 2.31. The van der Waals surface area contributed by atoms with E-state index in [1.165, 1.54) is 12.8 Å². The second kappa shape index (κ2) is 2.31. The van der Waals surface area contributed by atoms with Crippen molar-refractivity contribution in [3.63, 3.8) is 0 Å². The molecule has 1 fully saturated rings. The standard InChI is InChI=1S/C5H9ClN/c6-5-7-3-1-2-4-7/h5H,1-4H2/q+1. The van der Waals surface area contributed by atoms with Crippen LogP contribution in [0, 0.1) is 0 Å². The first-order chi connectivity index (χ1) is 3.43. The van der Waals surface area contributed by atoms with E-state index in [2.05, 4.69) is 4.58 Å². The highest BCUT2D eigenvalue weighted by molar-refractivity contribution is 6.54. The summed E-state index contributed by atoms with van der Waals surface area (Å²) >= 11 is 5.41. The average molecular weight is 119 g/mol. The molecule has 1 heterocycles. The fourth-order valence-corrected chi connectivity index (χ4v) is 1.03. The Morgan fingerprint density at radius 2 is 1.86 bits per heavy atom. The van der Waals surface area contributed by atoms with E-state index in [1.807, 2.05) is 0 Å². The Morgan fingerprint density at radius 3 is 2.14 bits per heavy atom. The van der Waals surface area contributed by atoms with Crippen molar-refractivity contribution in [1.82, 2.24) is 0 Å². The Labute approximate surface area is 48.6 Å². The lowest BCUT2D eigenvalue weighted by Gasteiger charge is -1.81. The summed E-state index contributed by atoms with van der Waals surface area (Å²) in [5.74, 6) is 0. The highest BCUT2D eigenvalue weighted by Gasteiger charge is 2.09. The van der Waals surface area contributed by atoms with Crippen LogP contribution in [0.3, 0.4) is 0 Å². The molecule has 1 rings (SSSR count). The molecule has 1 aliphatic heterocycles. The van der Waals surface area contributed by atoms with Gasteiger partial charge in [0.05, 0.1) is 0 Å². The van der Waals surface area contributed by atoms with Crippen LogP contribution < -0.4 is 0 Å². The Morgan fingerprint density at radius 1 is 1.29 bits per heavy atom. The monoisotopic (exact) mass is 118 g/mol. The fourth-order valence-electron chi connectivity index (χ4n) is 0.839. The maximum atomic E-state index is 5.41. The van der Waals surface area contributed by atoms with Crippen LogP contribution in [0.1, 0.15) is 12.8 Å². The van der Waals surface area contributed by atoms with Gasteiger partial charge < -0.3 is 0 Å². The number of nitrogens with zero attached hydrogens (tertiary/aromatic N) is 1. The summed E-state index contributed by atoms with van der Waals surface area (Å²) in [5, 5.41) is 0. The molecule has 0 aliphatic carbocycles. The Kier molecular flexibility index (Phi) is 1.69. The summed E-state index contributed by atoms with van der Waals surface area (Å²) in [7, 11) is 0. The third-order valence-electron chi connectivity index (χ3n) is 1.28. The number of hydrogen-bond donors (Lipinski definition) is 0. The van der Waals surface area contributed by atoms with E-state index in [0.29, 0.717) is 0 Å². The van der Waals surface area contributed by atoms with E-state index in [0.717, 1.165) is 13.1 Å². The van der Waals surface area contributed by atoms with Crippen LogP contribution in [0.5, 0.6) is 0 Å². The van der Waals surface area contributed by atoms with Gasteiger partial charge in [0.15, 0.2) is 0 Å². The minimum Gasteiger partial charge on any atom is -0.226 e. The van der Waals surface area contributed by atoms with Gasteiger partial charge in [-0.2, -0.15) is 0 Å². The molecule has 0 unspecified atom stereocenters. The molecule has 1 saturated heterocycles. The van der Waals surface area contributed by atoms with Gasteiger partial charge in [0, 0.05) is 12.8 Å². The first-order valence-corrected chi connectivity index (χ1v) is 3.05. The summed E-state index contributed by atoms with van der Waals surface area (Å²) in [6, 6.07) is 0. The molecule has 40 valence electrons. The minimum atomic E-state index is 1.16. The third-order valence-corrected chi connectivity index (χ3v) is 1.55. The molecule has 0 N–H and O–H groups in total. The van der Waals surface area contributed by atoms with Gasteiger partial charge in [0.25, 0.3) is 0 Å². The zero-order valence-electron chi connectivity index (χ0n) is 4.23. The summed E-state index contributed by atoms with van der Waals surface area (Å²) < 4.78 is 2.13. The van der Waals surface area contributed by atoms with Crippen molar-refractivity contribution < 1.29 is 4.58 Å². The smallest absolute Gasteiger partial charge is 0.226 e. The SMILES string of the molecule is ClC=[N+]1CCCC1. The summed E-state index contributed by atoms with van der Waals surface area (Å²) in [6.07, 6.45) is 2.62. The van der Waals surface area contributed by atoms with Crippen LogP contribution in [0.15, 0.2) is 0 Å². The highest BCUT2D eigenvalue weighted by Crippen LogP contribution is 1.99. The maximum absolute atomic E-state index is 5.41. The largest absolute Gasteiger partial charge is 0.232 e. The van der Waals surface area contributed by atoms with Crippen LogP contribution in [-0.2, 0) is 0 Å². The maximum Gasteiger partial charge on any atom is 0.232 e. The van der Waals surface area contributed by atoms with Gasteiger partial charge in [0.1, 0.15) is 13.1 Å². The second-order valence-corrected chi connectivity index (χ2v) is 2.04. The van der Waals surface area contributed by atoms with Gasteiger partial charge in [-0.15, -0.1) is 0 Å². The quantitative estimate of drug-likeness (QED) is 0.419. The predicted octanol–water partition coefficient (Wildman–Crippen LogP) is 1.06. The van der Waals surface area contributed by atoms with E-state index in [9.17, 15) is 0 Å². The fraction of sp³-hybridized carbons (Fsp3) is 0.800. The number of hydrogen-bond acceptors (Lipinski definition) is 0. The van der Waals surface area contributed by atoms with Crippen molar-refractivity contribution in [3.05, 3.63) is 0 Å². The van der Waals surface area contributed by atoms with Gasteiger partial charge >= 0.3 is 0 Å². The first kappa shape index (κ1) is 5.10. The van der Waals surface area contributed by atoms with Gasteiger partial charge in [-0.05, 0) is 11.6 Å². The van der Waals surface area contributed by atoms with Crippen LogP contribution in [0.4, 0.5) is 0 Å². The molecule has 0 bridgehead atoms. The molecule has 0 aromatic carbocycles. The molecule has 0 saturated carbocycles. The predicted molar refractivity (Wildman–Crippen MR) is 31.1 cm³/mol. The van der Waals surface area contributed by atoms with Crippen LogP contribution in [-0.4, -0.2) is 23.3 Å². The van der Waals surface area contributed by atoms with Gasteiger partial charge in [0.2, 0.25) is 5.67 Å². The zero-order chi connectivity index (χ0) is 5.11. The molecular formula is C5H9ClN+. The molecule has 2 heteroatoms. The highest BCUT2D eigenvalue weighted by atomic mass is 35.5. The molecule has 0 aromatic heterocycles. The normalized spacial score (nSPS) is 20.4. The number of halogens is 1. The molecule has 0 spiro atoms. The van der Waals surface area contributed by atoms with E-state index in [1.54, 1.807) is 5.67 Å². The van der Waals surface area contributed by atoms with E-state index < -0.39 is 0 Å². The second-order valence-electron chi connectivity index (χ2n) is 1.84. The summed E-state index contributed by atoms with van der Waals surface area (Å²) in [4.78, 5) is 0. The van der Waals surface area contributed by atoms with Gasteiger partial charge in [-0.25, -0.2) is 4.58 Å². The van der Waals surface area contributed by atoms with Crippen molar-refractivity contribution in [2.45, 2.75) is 12.8 Å². The molecule has 0 amide bonds. The lowest BCUT2D eigenvalue weighted by Crippen LogP contribution is -2.03. The summed E-state index contributed by atoms with van der Waals surface area (Å²) in [5.41, 5.74) is 1.65. The van der Waals surface area contributed by atoms with E-state index in [4.69, 9.17) is 11.6 Å². The van der Waals surface area contributed by atoms with Crippen molar-refractivity contribution >= 4 is 17.3 Å². The molecule has 0 atom stereocenters. The first-order valence-electron chi connectivity index (χ1n) is 2.61. The topological polar surface area (TPSA) is 3.01 Å². The molecule has 1 nitrogen and oxygen atoms in total. The molecule has 1 aliphatic rings. The van der Waals surface area contributed by atoms with Crippen molar-refractivity contribution in [2.24, 2.45) is 0 Å².